The van der Waals surface area contributed by atoms with Gasteiger partial charge < -0.3 is 9.47 Å². The molecule has 7 nitrogen and oxygen atoms in total. The molecule has 2 heterocycles. The number of carbonyl (C=O) groups is 1. The van der Waals surface area contributed by atoms with Crippen LogP contribution in [0, 0.1) is 5.92 Å². The van der Waals surface area contributed by atoms with Gasteiger partial charge in [0.1, 0.15) is 5.75 Å². The van der Waals surface area contributed by atoms with Gasteiger partial charge in [0.25, 0.3) is 0 Å². The zero-order chi connectivity index (χ0) is 24.8. The molecule has 0 saturated carbocycles. The van der Waals surface area contributed by atoms with Crippen LogP contribution in [0.3, 0.4) is 0 Å². The lowest BCUT2D eigenvalue weighted by Gasteiger charge is -2.30. The van der Waals surface area contributed by atoms with E-state index in [0.29, 0.717) is 35.7 Å². The molecule has 35 heavy (non-hydrogen) atoms. The number of thioether (sulfide) groups is 1. The fourth-order valence-corrected chi connectivity index (χ4v) is 4.46. The lowest BCUT2D eigenvalue weighted by atomic mass is 10.1. The van der Waals surface area contributed by atoms with Gasteiger partial charge in [0.15, 0.2) is 5.69 Å². The summed E-state index contributed by atoms with van der Waals surface area (Å²) in [6, 6.07) is 15.4. The highest BCUT2D eigenvalue weighted by molar-refractivity contribution is 7.99. The van der Waals surface area contributed by atoms with Gasteiger partial charge in [0, 0.05) is 23.3 Å². The Morgan fingerprint density at radius 3 is 2.60 bits per heavy atom. The van der Waals surface area contributed by atoms with Crippen molar-refractivity contribution < 1.29 is 14.3 Å². The maximum atomic E-state index is 13.3. The van der Waals surface area contributed by atoms with Gasteiger partial charge in [0.05, 0.1) is 12.3 Å². The monoisotopic (exact) mass is 492 g/mol. The standard InChI is InChI=1S/C27H32N4O3S/c1-5-7-16-33-20-14-12-19(13-15-20)26-31(23(32)6-2)22-11-9-8-10-21(22)24-25(34-26)28-27(30-29-24)35-17-18(3)4/h8-15,18,26H,5-7,16-17H2,1-4H3/t26-/m0/s1. The second-order valence-electron chi connectivity index (χ2n) is 8.83. The van der Waals surface area contributed by atoms with Gasteiger partial charge in [-0.15, -0.1) is 10.2 Å². The van der Waals surface area contributed by atoms with Gasteiger partial charge in [0.2, 0.25) is 23.2 Å². The summed E-state index contributed by atoms with van der Waals surface area (Å²) in [4.78, 5) is 19.7. The Balaban J connectivity index is 1.77. The van der Waals surface area contributed by atoms with Crippen LogP contribution < -0.4 is 14.4 Å². The molecule has 0 spiro atoms. The number of hydrogen-bond donors (Lipinski definition) is 0. The Hall–Kier alpha value is -3.13. The normalized spacial score (nSPS) is 14.7. The number of fused-ring (bicyclic) bond motifs is 3. The SMILES string of the molecule is CCCCOc1ccc([C@@H]2Oc3nc(SCC(C)C)nnc3-c3ccccc3N2C(=O)CC)cc1. The van der Waals surface area contributed by atoms with E-state index in [-0.39, 0.29) is 5.91 Å². The number of aromatic nitrogens is 3. The lowest BCUT2D eigenvalue weighted by molar-refractivity contribution is -0.120. The number of ether oxygens (including phenoxy) is 2. The van der Waals surface area contributed by atoms with Crippen LogP contribution in [0.25, 0.3) is 11.3 Å². The molecule has 2 aromatic carbocycles. The highest BCUT2D eigenvalue weighted by atomic mass is 32.2. The van der Waals surface area contributed by atoms with Crippen molar-refractivity contribution >= 4 is 23.4 Å². The minimum absolute atomic E-state index is 0.0547. The van der Waals surface area contributed by atoms with Crippen LogP contribution in [0.1, 0.15) is 58.7 Å². The molecule has 0 fully saturated rings. The van der Waals surface area contributed by atoms with Gasteiger partial charge >= 0.3 is 0 Å². The summed E-state index contributed by atoms with van der Waals surface area (Å²) in [5, 5.41) is 9.39. The van der Waals surface area contributed by atoms with Crippen molar-refractivity contribution in [2.24, 2.45) is 5.92 Å². The molecule has 0 saturated heterocycles. The molecular weight excluding hydrogens is 460 g/mol. The molecule has 0 unspecified atom stereocenters. The average Bonchev–Trinajstić information content (AvgIpc) is 3.02. The average molecular weight is 493 g/mol. The number of carbonyl (C=O) groups excluding carboxylic acids is 1. The molecule has 184 valence electrons. The molecule has 1 aliphatic rings. The number of rotatable bonds is 9. The summed E-state index contributed by atoms with van der Waals surface area (Å²) in [6.45, 7) is 8.96. The van der Waals surface area contributed by atoms with Crippen molar-refractivity contribution in [2.45, 2.75) is 58.3 Å². The van der Waals surface area contributed by atoms with Gasteiger partial charge in [-0.3, -0.25) is 9.69 Å². The van der Waals surface area contributed by atoms with E-state index in [1.54, 1.807) is 16.7 Å². The van der Waals surface area contributed by atoms with E-state index in [2.05, 4.69) is 31.0 Å². The van der Waals surface area contributed by atoms with Crippen molar-refractivity contribution in [1.82, 2.24) is 15.2 Å². The largest absolute Gasteiger partial charge is 0.494 e. The van der Waals surface area contributed by atoms with Gasteiger partial charge in [-0.05, 0) is 42.7 Å². The van der Waals surface area contributed by atoms with Crippen molar-refractivity contribution in [2.75, 3.05) is 17.3 Å². The third kappa shape index (κ3) is 5.75. The summed E-state index contributed by atoms with van der Waals surface area (Å²) in [7, 11) is 0. The Morgan fingerprint density at radius 2 is 1.89 bits per heavy atom. The van der Waals surface area contributed by atoms with Crippen LogP contribution in [-0.4, -0.2) is 33.4 Å². The van der Waals surface area contributed by atoms with Crippen molar-refractivity contribution in [3.8, 4) is 22.9 Å². The lowest BCUT2D eigenvalue weighted by Crippen LogP contribution is -2.37. The predicted octanol–water partition coefficient (Wildman–Crippen LogP) is 6.30. The van der Waals surface area contributed by atoms with Crippen LogP contribution in [0.2, 0.25) is 0 Å². The third-order valence-electron chi connectivity index (χ3n) is 5.56. The zero-order valence-corrected chi connectivity index (χ0v) is 21.5. The molecule has 0 bridgehead atoms. The maximum Gasteiger partial charge on any atom is 0.247 e. The van der Waals surface area contributed by atoms with Crippen LogP contribution in [-0.2, 0) is 4.79 Å². The summed E-state index contributed by atoms with van der Waals surface area (Å²) in [6.07, 6.45) is 1.71. The number of anilines is 1. The third-order valence-corrected chi connectivity index (χ3v) is 6.83. The quantitative estimate of drug-likeness (QED) is 0.256. The molecule has 1 aromatic heterocycles. The van der Waals surface area contributed by atoms with Gasteiger partial charge in [-0.2, -0.15) is 4.98 Å². The van der Waals surface area contributed by atoms with E-state index in [4.69, 9.17) is 14.5 Å². The molecule has 0 radical (unpaired) electrons. The smallest absolute Gasteiger partial charge is 0.247 e. The van der Waals surface area contributed by atoms with E-state index in [0.717, 1.165) is 41.2 Å². The number of unbranched alkanes of at least 4 members (excludes halogenated alkanes) is 1. The molecule has 1 amide bonds. The maximum absolute atomic E-state index is 13.3. The number of nitrogens with zero attached hydrogens (tertiary/aromatic N) is 4. The minimum Gasteiger partial charge on any atom is -0.494 e. The fraction of sp³-hybridized carbons (Fsp3) is 0.407. The zero-order valence-electron chi connectivity index (χ0n) is 20.7. The minimum atomic E-state index is -0.700. The Morgan fingerprint density at radius 1 is 1.11 bits per heavy atom. The summed E-state index contributed by atoms with van der Waals surface area (Å²) >= 11 is 1.55. The van der Waals surface area contributed by atoms with Crippen molar-refractivity contribution in [1.29, 1.82) is 0 Å². The Bertz CT molecular complexity index is 1150. The number of para-hydroxylation sites is 1. The van der Waals surface area contributed by atoms with Crippen LogP contribution in [0.15, 0.2) is 53.7 Å². The first-order valence-corrected chi connectivity index (χ1v) is 13.2. The van der Waals surface area contributed by atoms with Gasteiger partial charge in [-0.1, -0.05) is 64.1 Å². The molecule has 0 aliphatic carbocycles. The van der Waals surface area contributed by atoms with E-state index in [1.807, 2.05) is 55.5 Å². The first-order chi connectivity index (χ1) is 17.0. The second-order valence-corrected chi connectivity index (χ2v) is 9.82. The summed E-state index contributed by atoms with van der Waals surface area (Å²) in [5.74, 6) is 2.48. The highest BCUT2D eigenvalue weighted by Crippen LogP contribution is 2.43. The first kappa shape index (κ1) is 25.0. The first-order valence-electron chi connectivity index (χ1n) is 12.2. The molecular formula is C27H32N4O3S. The Kier molecular flexibility index (Phi) is 8.23. The van der Waals surface area contributed by atoms with Gasteiger partial charge in [-0.25, -0.2) is 0 Å². The molecule has 4 rings (SSSR count). The van der Waals surface area contributed by atoms with Crippen LogP contribution >= 0.6 is 11.8 Å². The second kappa shape index (κ2) is 11.5. The van der Waals surface area contributed by atoms with E-state index >= 15 is 0 Å². The predicted molar refractivity (Wildman–Crippen MR) is 139 cm³/mol. The van der Waals surface area contributed by atoms with E-state index in [1.165, 1.54) is 0 Å². The fourth-order valence-electron chi connectivity index (χ4n) is 3.74. The van der Waals surface area contributed by atoms with E-state index < -0.39 is 6.23 Å². The molecule has 1 aliphatic heterocycles. The number of benzene rings is 2. The number of hydrogen-bond acceptors (Lipinski definition) is 7. The summed E-state index contributed by atoms with van der Waals surface area (Å²) < 4.78 is 12.3. The van der Waals surface area contributed by atoms with Crippen molar-refractivity contribution in [3.05, 3.63) is 54.1 Å². The van der Waals surface area contributed by atoms with Crippen molar-refractivity contribution in [3.63, 3.8) is 0 Å². The topological polar surface area (TPSA) is 77.4 Å². The highest BCUT2D eigenvalue weighted by Gasteiger charge is 2.35. The molecule has 8 heteroatoms. The summed E-state index contributed by atoms with van der Waals surface area (Å²) in [5.41, 5.74) is 2.86. The molecule has 3 aromatic rings. The molecule has 1 atom stereocenters. The van der Waals surface area contributed by atoms with Crippen LogP contribution in [0.5, 0.6) is 11.6 Å². The van der Waals surface area contributed by atoms with Crippen LogP contribution in [0.4, 0.5) is 5.69 Å². The number of amides is 1. The Labute approximate surface area is 211 Å². The molecule has 0 N–H and O–H groups in total. The van der Waals surface area contributed by atoms with E-state index in [9.17, 15) is 4.79 Å².